The van der Waals surface area contributed by atoms with Gasteiger partial charge in [-0.1, -0.05) is 71.9 Å². The highest BCUT2D eigenvalue weighted by molar-refractivity contribution is 5.95. The number of primary amides is 1. The third-order valence-electron chi connectivity index (χ3n) is 6.31. The predicted octanol–water partition coefficient (Wildman–Crippen LogP) is 1.82. The first-order chi connectivity index (χ1) is 18.7. The molecule has 0 spiro atoms. The van der Waals surface area contributed by atoms with Gasteiger partial charge in [0.25, 0.3) is 0 Å². The van der Waals surface area contributed by atoms with Gasteiger partial charge in [0.1, 0.15) is 18.1 Å². The summed E-state index contributed by atoms with van der Waals surface area (Å²) in [5.74, 6) is -3.54. The highest BCUT2D eigenvalue weighted by Crippen LogP contribution is 2.17. The Kier molecular flexibility index (Phi) is 14.9. The molecule has 224 valence electrons. The van der Waals surface area contributed by atoms with Crippen LogP contribution in [-0.4, -0.2) is 52.9 Å². The van der Waals surface area contributed by atoms with Gasteiger partial charge in [-0.15, -0.1) is 0 Å². The molecule has 4 atom stereocenters. The van der Waals surface area contributed by atoms with Crippen molar-refractivity contribution in [3.63, 3.8) is 0 Å². The second-order valence-electron chi connectivity index (χ2n) is 11.6. The molecule has 0 aliphatic carbocycles. The minimum Gasteiger partial charge on any atom is -0.368 e. The topological polar surface area (TPSA) is 180 Å². The van der Waals surface area contributed by atoms with E-state index in [0.29, 0.717) is 12.8 Å². The average molecular weight is 562 g/mol. The number of rotatable bonds is 17. The van der Waals surface area contributed by atoms with E-state index in [4.69, 9.17) is 10.9 Å². The van der Waals surface area contributed by atoms with Gasteiger partial charge in [-0.2, -0.15) is 0 Å². The van der Waals surface area contributed by atoms with E-state index < -0.39 is 53.6 Å². The van der Waals surface area contributed by atoms with Gasteiger partial charge in [0.05, 0.1) is 0 Å². The zero-order chi connectivity index (χ0) is 30.4. The standard InChI is InChI=1S/C29H47N5O6/c1-17(2)12-21(16-25(35)34-40)27(37)32-23(14-19(5)6)28(38)33-24(15-20-10-8-7-9-11-20)29(39)31-22(26(30)36)13-18(3)4/h7-11,17-19,21-24,40H,12-16H2,1-6H3,(H2,30,36)(H,31,39)(H,32,37)(H,33,38)(H,34,35)/t21?,22-,23-,24-/m0/s1. The summed E-state index contributed by atoms with van der Waals surface area (Å²) in [5, 5.41) is 17.1. The number of carbonyl (C=O) groups is 5. The van der Waals surface area contributed by atoms with Gasteiger partial charge in [-0.25, -0.2) is 5.48 Å². The van der Waals surface area contributed by atoms with Crippen molar-refractivity contribution in [2.24, 2.45) is 29.4 Å². The Balaban J connectivity index is 3.21. The molecule has 5 amide bonds. The first-order valence-electron chi connectivity index (χ1n) is 13.9. The van der Waals surface area contributed by atoms with Crippen LogP contribution < -0.4 is 27.2 Å². The highest BCUT2D eigenvalue weighted by atomic mass is 16.5. The summed E-state index contributed by atoms with van der Waals surface area (Å²) in [7, 11) is 0. The van der Waals surface area contributed by atoms with Crippen LogP contribution in [0.25, 0.3) is 0 Å². The van der Waals surface area contributed by atoms with Gasteiger partial charge in [-0.3, -0.25) is 29.2 Å². The predicted molar refractivity (Wildman–Crippen MR) is 152 cm³/mol. The molecule has 1 aromatic rings. The van der Waals surface area contributed by atoms with Crippen LogP contribution in [-0.2, 0) is 30.4 Å². The number of hydrogen-bond acceptors (Lipinski definition) is 6. The normalized spacial score (nSPS) is 14.2. The van der Waals surface area contributed by atoms with Crippen LogP contribution in [0.15, 0.2) is 30.3 Å². The van der Waals surface area contributed by atoms with Crippen LogP contribution in [0.2, 0.25) is 0 Å². The molecular formula is C29H47N5O6. The van der Waals surface area contributed by atoms with E-state index >= 15 is 0 Å². The molecule has 0 aromatic heterocycles. The summed E-state index contributed by atoms with van der Waals surface area (Å²) >= 11 is 0. The number of nitrogens with one attached hydrogen (secondary N) is 4. The van der Waals surface area contributed by atoms with Gasteiger partial charge in [0, 0.05) is 18.8 Å². The van der Waals surface area contributed by atoms with Crippen molar-refractivity contribution >= 4 is 29.5 Å². The third-order valence-corrected chi connectivity index (χ3v) is 6.31. The molecule has 1 rings (SSSR count). The number of hydrogen-bond donors (Lipinski definition) is 6. The molecule has 7 N–H and O–H groups in total. The third kappa shape index (κ3) is 13.1. The quantitative estimate of drug-likeness (QED) is 0.125. The van der Waals surface area contributed by atoms with E-state index in [2.05, 4.69) is 16.0 Å². The average Bonchev–Trinajstić information content (AvgIpc) is 2.86. The Morgan fingerprint density at radius 2 is 1.18 bits per heavy atom. The Morgan fingerprint density at radius 1 is 0.700 bits per heavy atom. The zero-order valence-electron chi connectivity index (χ0n) is 24.5. The van der Waals surface area contributed by atoms with E-state index in [1.807, 2.05) is 71.9 Å². The number of benzene rings is 1. The van der Waals surface area contributed by atoms with Crippen LogP contribution >= 0.6 is 0 Å². The summed E-state index contributed by atoms with van der Waals surface area (Å²) in [4.78, 5) is 63.8. The summed E-state index contributed by atoms with van der Waals surface area (Å²) in [6, 6.07) is 6.19. The smallest absolute Gasteiger partial charge is 0.244 e. The van der Waals surface area contributed by atoms with E-state index in [1.54, 1.807) is 5.48 Å². The van der Waals surface area contributed by atoms with E-state index in [0.717, 1.165) is 5.56 Å². The van der Waals surface area contributed by atoms with Crippen molar-refractivity contribution in [2.75, 3.05) is 0 Å². The fourth-order valence-electron chi connectivity index (χ4n) is 4.44. The number of nitrogens with two attached hydrogens (primary N) is 1. The molecule has 0 saturated heterocycles. The number of hydroxylamine groups is 1. The zero-order valence-corrected chi connectivity index (χ0v) is 24.5. The summed E-state index contributed by atoms with van der Waals surface area (Å²) < 4.78 is 0. The Labute approximate surface area is 237 Å². The van der Waals surface area contributed by atoms with Gasteiger partial charge in [0.15, 0.2) is 0 Å². The summed E-state index contributed by atoms with van der Waals surface area (Å²) in [6.07, 6.45) is 0.923. The Hall–Kier alpha value is -3.47. The van der Waals surface area contributed by atoms with Gasteiger partial charge in [-0.05, 0) is 42.6 Å². The molecule has 1 unspecified atom stereocenters. The lowest BCUT2D eigenvalue weighted by Crippen LogP contribution is -2.57. The molecule has 40 heavy (non-hydrogen) atoms. The van der Waals surface area contributed by atoms with Crippen LogP contribution in [0.4, 0.5) is 0 Å². The van der Waals surface area contributed by atoms with Crippen molar-refractivity contribution in [1.29, 1.82) is 0 Å². The fourth-order valence-corrected chi connectivity index (χ4v) is 4.44. The molecule has 11 nitrogen and oxygen atoms in total. The first kappa shape index (κ1) is 34.6. The Morgan fingerprint density at radius 3 is 1.68 bits per heavy atom. The second-order valence-corrected chi connectivity index (χ2v) is 11.6. The van der Waals surface area contributed by atoms with Crippen LogP contribution in [0.3, 0.4) is 0 Å². The van der Waals surface area contributed by atoms with Gasteiger partial charge < -0.3 is 21.7 Å². The van der Waals surface area contributed by atoms with Crippen molar-refractivity contribution in [3.05, 3.63) is 35.9 Å². The molecular weight excluding hydrogens is 514 g/mol. The maximum absolute atomic E-state index is 13.5. The van der Waals surface area contributed by atoms with Crippen molar-refractivity contribution in [3.8, 4) is 0 Å². The highest BCUT2D eigenvalue weighted by Gasteiger charge is 2.32. The molecule has 0 aliphatic heterocycles. The maximum atomic E-state index is 13.5. The lowest BCUT2D eigenvalue weighted by molar-refractivity contribution is -0.137. The lowest BCUT2D eigenvalue weighted by Gasteiger charge is -2.27. The summed E-state index contributed by atoms with van der Waals surface area (Å²) in [6.45, 7) is 11.4. The van der Waals surface area contributed by atoms with Crippen LogP contribution in [0, 0.1) is 23.7 Å². The minimum atomic E-state index is -1.04. The number of amides is 5. The monoisotopic (exact) mass is 561 g/mol. The molecule has 0 radical (unpaired) electrons. The first-order valence-corrected chi connectivity index (χ1v) is 13.9. The molecule has 11 heteroatoms. The van der Waals surface area contributed by atoms with Crippen LogP contribution in [0.5, 0.6) is 0 Å². The molecule has 0 heterocycles. The minimum absolute atomic E-state index is 0.0204. The van der Waals surface area contributed by atoms with Crippen molar-refractivity contribution in [2.45, 2.75) is 91.8 Å². The van der Waals surface area contributed by atoms with E-state index in [9.17, 15) is 24.0 Å². The van der Waals surface area contributed by atoms with Crippen molar-refractivity contribution < 1.29 is 29.2 Å². The van der Waals surface area contributed by atoms with Gasteiger partial charge >= 0.3 is 0 Å². The lowest BCUT2D eigenvalue weighted by atomic mass is 9.92. The van der Waals surface area contributed by atoms with Crippen molar-refractivity contribution in [1.82, 2.24) is 21.4 Å². The largest absolute Gasteiger partial charge is 0.368 e. The maximum Gasteiger partial charge on any atom is 0.244 e. The number of carbonyl (C=O) groups excluding carboxylic acids is 5. The van der Waals surface area contributed by atoms with E-state index in [-0.39, 0.29) is 37.0 Å². The second kappa shape index (κ2) is 17.3. The molecule has 1 aromatic carbocycles. The van der Waals surface area contributed by atoms with Gasteiger partial charge in [0.2, 0.25) is 29.5 Å². The molecule has 0 aliphatic rings. The summed E-state index contributed by atoms with van der Waals surface area (Å²) in [5.41, 5.74) is 7.86. The molecule has 0 bridgehead atoms. The molecule has 0 saturated carbocycles. The van der Waals surface area contributed by atoms with Crippen LogP contribution in [0.1, 0.15) is 72.8 Å². The van der Waals surface area contributed by atoms with E-state index in [1.165, 1.54) is 0 Å². The SMILES string of the molecule is CC(C)CC(CC(=O)NO)C(=O)N[C@@H](CC(C)C)C(=O)N[C@@H](Cc1ccccc1)C(=O)N[C@@H](CC(C)C)C(N)=O. The Bertz CT molecular complexity index is 982. The fraction of sp³-hybridized carbons (Fsp3) is 0.621. The molecule has 0 fully saturated rings.